The highest BCUT2D eigenvalue weighted by molar-refractivity contribution is 6.10. The summed E-state index contributed by atoms with van der Waals surface area (Å²) in [5.41, 5.74) is 9.92. The van der Waals surface area contributed by atoms with Crippen LogP contribution in [0, 0.1) is 13.8 Å². The van der Waals surface area contributed by atoms with Crippen LogP contribution in [0.4, 0.5) is 0 Å². The molecule has 0 spiro atoms. The van der Waals surface area contributed by atoms with Crippen LogP contribution >= 0.6 is 0 Å². The summed E-state index contributed by atoms with van der Waals surface area (Å²) in [6, 6.07) is 72.4. The van der Waals surface area contributed by atoms with Gasteiger partial charge < -0.3 is 15.1 Å². The van der Waals surface area contributed by atoms with E-state index in [1.165, 1.54) is 5.56 Å². The molecule has 0 aliphatic carbocycles. The maximum atomic E-state index is 12.0. The lowest BCUT2D eigenvalue weighted by Crippen LogP contribution is -2.24. The summed E-state index contributed by atoms with van der Waals surface area (Å²) in [6.45, 7) is 12.6. The van der Waals surface area contributed by atoms with Gasteiger partial charge in [0.1, 0.15) is 11.5 Å². The Labute approximate surface area is 449 Å². The Morgan fingerprint density at radius 2 is 0.948 bits per heavy atom. The quantitative estimate of drug-likeness (QED) is 0.0854. The lowest BCUT2D eigenvalue weighted by atomic mass is 9.72. The second kappa shape index (κ2) is 23.0. The zero-order valence-electron chi connectivity index (χ0n) is 44.0. The fraction of sp³-hybridized carbons (Fsp3) is 0.134. The lowest BCUT2D eigenvalue weighted by molar-refractivity contribution is 0.103. The maximum Gasteiger partial charge on any atom is 0.196 e. The molecule has 10 heteroatoms. The molecule has 382 valence electrons. The summed E-state index contributed by atoms with van der Waals surface area (Å²) in [4.78, 5) is 40.8. The number of hydrogen-bond acceptors (Lipinski definition) is 10. The first kappa shape index (κ1) is 52.5. The van der Waals surface area contributed by atoms with Crippen LogP contribution in [-0.4, -0.2) is 30.9 Å². The van der Waals surface area contributed by atoms with Crippen molar-refractivity contribution in [2.45, 2.75) is 58.5 Å². The van der Waals surface area contributed by atoms with Gasteiger partial charge in [0.15, 0.2) is 35.2 Å². The second-order valence-electron chi connectivity index (χ2n) is 19.9. The van der Waals surface area contributed by atoms with E-state index in [2.05, 4.69) is 91.2 Å². The molecule has 0 atom stereocenters. The number of benzene rings is 9. The molecule has 10 aromatic rings. The van der Waals surface area contributed by atoms with Crippen molar-refractivity contribution in [1.29, 1.82) is 0 Å². The SMILES string of the molecule is CC(C)(c1ccccc1)c1cc(C2N=c3ccccc3=N2)c(O)c(C(C)(C)c2ccccc2)c1.Cc1ccc(-c2nc(-c3ccccc3)nc(-c3ccccc3)n2)c(ON)c1.Cc1ccc(C(=O)c2ccccc2)c(O)c1. The van der Waals surface area contributed by atoms with E-state index in [-0.39, 0.29) is 22.7 Å². The van der Waals surface area contributed by atoms with Gasteiger partial charge in [-0.15, -0.1) is 0 Å². The molecule has 0 saturated carbocycles. The Kier molecular flexibility index (Phi) is 15.7. The fourth-order valence-corrected chi connectivity index (χ4v) is 9.26. The monoisotopic (exact) mass is 1010 g/mol. The topological polar surface area (TPSA) is 156 Å². The lowest BCUT2D eigenvalue weighted by Gasteiger charge is -2.33. The average Bonchev–Trinajstić information content (AvgIpc) is 3.92. The number of nitrogens with two attached hydrogens (primary N) is 1. The van der Waals surface area contributed by atoms with Crippen molar-refractivity contribution in [3.05, 3.63) is 285 Å². The number of ketones is 1. The molecular formula is C67H60N6O4. The number of rotatable bonds is 11. The van der Waals surface area contributed by atoms with Crippen LogP contribution < -0.4 is 21.4 Å². The van der Waals surface area contributed by atoms with Crippen molar-refractivity contribution in [1.82, 2.24) is 15.0 Å². The fourth-order valence-electron chi connectivity index (χ4n) is 9.26. The second-order valence-corrected chi connectivity index (χ2v) is 19.9. The molecule has 0 saturated heterocycles. The first-order chi connectivity index (χ1) is 37.2. The minimum absolute atomic E-state index is 0.0360. The van der Waals surface area contributed by atoms with Crippen molar-refractivity contribution in [3.8, 4) is 51.4 Å². The number of hydrogen-bond donors (Lipinski definition) is 3. The highest BCUT2D eigenvalue weighted by Gasteiger charge is 2.34. The van der Waals surface area contributed by atoms with Crippen molar-refractivity contribution >= 4 is 5.78 Å². The summed E-state index contributed by atoms with van der Waals surface area (Å²) < 4.78 is 0. The van der Waals surface area contributed by atoms with E-state index in [9.17, 15) is 15.0 Å². The predicted octanol–water partition coefficient (Wildman–Crippen LogP) is 13.4. The minimum Gasteiger partial charge on any atom is -0.507 e. The Bertz CT molecular complexity index is 3710. The third-order valence-corrected chi connectivity index (χ3v) is 13.8. The maximum absolute atomic E-state index is 12.0. The van der Waals surface area contributed by atoms with E-state index in [1.54, 1.807) is 36.4 Å². The summed E-state index contributed by atoms with van der Waals surface area (Å²) in [5, 5.41) is 23.1. The van der Waals surface area contributed by atoms with E-state index in [0.29, 0.717) is 34.3 Å². The van der Waals surface area contributed by atoms with Crippen LogP contribution in [-0.2, 0) is 10.8 Å². The Morgan fingerprint density at radius 3 is 1.47 bits per heavy atom. The zero-order valence-corrected chi connectivity index (χ0v) is 44.0. The van der Waals surface area contributed by atoms with Crippen molar-refractivity contribution in [3.63, 3.8) is 0 Å². The molecule has 4 N–H and O–H groups in total. The van der Waals surface area contributed by atoms with Gasteiger partial charge in [0.2, 0.25) is 0 Å². The van der Waals surface area contributed by atoms with Gasteiger partial charge in [-0.2, -0.15) is 5.90 Å². The number of phenolic OH excluding ortho intramolecular Hbond substituents is 2. The van der Waals surface area contributed by atoms with Gasteiger partial charge in [0.25, 0.3) is 0 Å². The molecule has 0 fully saturated rings. The highest BCUT2D eigenvalue weighted by atomic mass is 16.6. The van der Waals surface area contributed by atoms with E-state index < -0.39 is 11.6 Å². The number of nitrogens with zero attached hydrogens (tertiary/aromatic N) is 5. The van der Waals surface area contributed by atoms with E-state index in [0.717, 1.165) is 60.8 Å². The molecule has 0 amide bonds. The smallest absolute Gasteiger partial charge is 0.196 e. The largest absolute Gasteiger partial charge is 0.507 e. The Morgan fingerprint density at radius 1 is 0.494 bits per heavy atom. The van der Waals surface area contributed by atoms with Crippen LogP contribution in [0.5, 0.6) is 17.2 Å². The summed E-state index contributed by atoms with van der Waals surface area (Å²) in [7, 11) is 0. The molecular weight excluding hydrogens is 953 g/mol. The number of carbonyl (C=O) groups excluding carboxylic acids is 1. The Hall–Kier alpha value is -9.38. The van der Waals surface area contributed by atoms with Gasteiger partial charge >= 0.3 is 0 Å². The number of para-hydroxylation sites is 2. The summed E-state index contributed by atoms with van der Waals surface area (Å²) in [6.07, 6.45) is -0.464. The molecule has 9 aromatic carbocycles. The number of aryl methyl sites for hydroxylation is 2. The van der Waals surface area contributed by atoms with Gasteiger partial charge in [-0.1, -0.05) is 210 Å². The molecule has 1 aliphatic heterocycles. The first-order valence-electron chi connectivity index (χ1n) is 25.4. The van der Waals surface area contributed by atoms with Gasteiger partial charge in [-0.3, -0.25) is 14.8 Å². The van der Waals surface area contributed by atoms with Crippen molar-refractivity contribution in [2.75, 3.05) is 0 Å². The van der Waals surface area contributed by atoms with Gasteiger partial charge in [0.05, 0.1) is 21.8 Å². The van der Waals surface area contributed by atoms with Gasteiger partial charge in [-0.05, 0) is 84.1 Å². The van der Waals surface area contributed by atoms with Crippen molar-refractivity contribution < 1.29 is 19.8 Å². The standard InChI is InChI=1S/C31H30N2O.C22H18N4O.C14H12O2/c1-30(2,21-13-7-5-8-14-21)23-19-24(29-32-26-17-11-12-18-27(26)33-29)28(34)25(20-23)31(3,4)22-15-9-6-10-16-22;1-15-12-13-18(19(14-15)27-23)22-25-20(16-8-4-2-5-9-16)24-21(26-22)17-10-6-3-7-11-17;1-10-7-8-12(13(15)9-10)14(16)11-5-3-2-4-6-11/h5-20,29,34H,1-4H3;2-14H,23H2,1H3;2-9,15H,1H3. The molecule has 10 nitrogen and oxygen atoms in total. The van der Waals surface area contributed by atoms with Crippen LogP contribution in [0.2, 0.25) is 0 Å². The number of aromatic hydroxyl groups is 2. The van der Waals surface area contributed by atoms with E-state index in [1.807, 2.05) is 153 Å². The third-order valence-electron chi connectivity index (χ3n) is 13.8. The van der Waals surface area contributed by atoms with E-state index in [4.69, 9.17) is 20.7 Å². The summed E-state index contributed by atoms with van der Waals surface area (Å²) in [5.74, 6) is 7.88. The normalized spacial score (nSPS) is 11.9. The molecule has 77 heavy (non-hydrogen) atoms. The van der Waals surface area contributed by atoms with Gasteiger partial charge in [-0.25, -0.2) is 15.0 Å². The average molecular weight is 1010 g/mol. The van der Waals surface area contributed by atoms with Crippen LogP contribution in [0.25, 0.3) is 34.2 Å². The number of aromatic nitrogens is 3. The Balaban J connectivity index is 0.000000150. The predicted molar refractivity (Wildman–Crippen MR) is 305 cm³/mol. The highest BCUT2D eigenvalue weighted by Crippen LogP contribution is 2.45. The number of phenols is 2. The number of fused-ring (bicyclic) bond motifs is 1. The molecule has 1 aromatic heterocycles. The number of carbonyl (C=O) groups is 1. The zero-order chi connectivity index (χ0) is 54.1. The van der Waals surface area contributed by atoms with Crippen LogP contribution in [0.3, 0.4) is 0 Å². The molecule has 0 radical (unpaired) electrons. The summed E-state index contributed by atoms with van der Waals surface area (Å²) >= 11 is 0. The molecule has 11 rings (SSSR count). The van der Waals surface area contributed by atoms with Gasteiger partial charge in [0, 0.05) is 38.6 Å². The minimum atomic E-state index is -0.464. The molecule has 2 heterocycles. The van der Waals surface area contributed by atoms with Crippen molar-refractivity contribution in [2.24, 2.45) is 15.9 Å². The van der Waals surface area contributed by atoms with E-state index >= 15 is 0 Å². The molecule has 0 unspecified atom stereocenters. The first-order valence-corrected chi connectivity index (χ1v) is 25.4. The molecule has 1 aliphatic rings. The molecule has 0 bridgehead atoms. The van der Waals surface area contributed by atoms with Crippen LogP contribution in [0.15, 0.2) is 234 Å². The third kappa shape index (κ3) is 11.8. The van der Waals surface area contributed by atoms with Crippen LogP contribution in [0.1, 0.15) is 88.7 Å².